The Labute approximate surface area is 123 Å². The summed E-state index contributed by atoms with van der Waals surface area (Å²) >= 11 is 0. The van der Waals surface area contributed by atoms with Gasteiger partial charge in [-0.05, 0) is 55.4 Å². The van der Waals surface area contributed by atoms with Gasteiger partial charge in [-0.1, -0.05) is 18.2 Å². The van der Waals surface area contributed by atoms with Gasteiger partial charge in [0.25, 0.3) is 5.91 Å². The summed E-state index contributed by atoms with van der Waals surface area (Å²) in [5.74, 6) is 3.09. The highest BCUT2D eigenvalue weighted by atomic mass is 16.3. The van der Waals surface area contributed by atoms with Crippen molar-refractivity contribution in [2.45, 2.75) is 37.5 Å². The van der Waals surface area contributed by atoms with Crippen molar-refractivity contribution in [2.24, 2.45) is 29.6 Å². The normalized spacial score (nSPS) is 51.5. The first-order valence-electron chi connectivity index (χ1n) is 8.35. The van der Waals surface area contributed by atoms with Crippen molar-refractivity contribution >= 4 is 5.91 Å². The molecule has 5 aliphatic rings. The number of nitrogens with zero attached hydrogens (tertiary/aromatic N) is 1. The summed E-state index contributed by atoms with van der Waals surface area (Å²) in [5, 5.41) is 11.7. The first kappa shape index (κ1) is 11.2. The molecule has 0 aromatic heterocycles. The van der Waals surface area contributed by atoms with Crippen molar-refractivity contribution in [1.29, 1.82) is 0 Å². The van der Waals surface area contributed by atoms with Gasteiger partial charge < -0.3 is 10.0 Å². The van der Waals surface area contributed by atoms with Gasteiger partial charge in [-0.15, -0.1) is 0 Å². The number of benzene rings is 1. The van der Waals surface area contributed by atoms with Crippen LogP contribution in [0.2, 0.25) is 0 Å². The maximum atomic E-state index is 12.9. The maximum Gasteiger partial charge on any atom is 0.257 e. The molecule has 4 fully saturated rings. The van der Waals surface area contributed by atoms with Gasteiger partial charge in [-0.2, -0.15) is 0 Å². The fourth-order valence-corrected chi connectivity index (χ4v) is 7.02. The topological polar surface area (TPSA) is 40.5 Å². The lowest BCUT2D eigenvalue weighted by Gasteiger charge is -2.44. The molecule has 3 saturated carbocycles. The minimum Gasteiger partial charge on any atom is -0.366 e. The van der Waals surface area contributed by atoms with Gasteiger partial charge >= 0.3 is 0 Å². The quantitative estimate of drug-likeness (QED) is 0.793. The van der Waals surface area contributed by atoms with Crippen molar-refractivity contribution in [2.75, 3.05) is 0 Å². The lowest BCUT2D eigenvalue weighted by atomic mass is 9.70. The van der Waals surface area contributed by atoms with Crippen LogP contribution >= 0.6 is 0 Å². The molecule has 0 unspecified atom stereocenters. The molecule has 6 rings (SSSR count). The molecule has 0 spiro atoms. The van der Waals surface area contributed by atoms with Crippen molar-refractivity contribution in [1.82, 2.24) is 4.90 Å². The molecule has 1 aromatic rings. The average Bonchev–Trinajstić information content (AvgIpc) is 2.95. The molecule has 2 aliphatic heterocycles. The van der Waals surface area contributed by atoms with Crippen LogP contribution in [0.15, 0.2) is 24.3 Å². The van der Waals surface area contributed by atoms with Crippen LogP contribution in [0.4, 0.5) is 0 Å². The fourth-order valence-electron chi connectivity index (χ4n) is 7.02. The molecule has 2 heterocycles. The van der Waals surface area contributed by atoms with E-state index >= 15 is 0 Å². The second-order valence-corrected chi connectivity index (χ2v) is 7.95. The molecular weight excluding hydrogens is 262 g/mol. The number of rotatable bonds is 0. The molecule has 7 atom stereocenters. The smallest absolute Gasteiger partial charge is 0.257 e. The van der Waals surface area contributed by atoms with E-state index in [2.05, 4.69) is 0 Å². The zero-order chi connectivity index (χ0) is 13.9. The summed E-state index contributed by atoms with van der Waals surface area (Å²) in [6, 6.07) is 8.04. The number of aliphatic hydroxyl groups is 1. The number of carbonyl (C=O) groups excluding carboxylic acids is 1. The van der Waals surface area contributed by atoms with Crippen LogP contribution in [0.25, 0.3) is 0 Å². The van der Waals surface area contributed by atoms with Gasteiger partial charge in [0.15, 0.2) is 5.72 Å². The van der Waals surface area contributed by atoms with E-state index in [9.17, 15) is 9.90 Å². The van der Waals surface area contributed by atoms with Crippen molar-refractivity contribution < 1.29 is 9.90 Å². The van der Waals surface area contributed by atoms with E-state index in [-0.39, 0.29) is 17.9 Å². The summed E-state index contributed by atoms with van der Waals surface area (Å²) in [5.41, 5.74) is 0.626. The zero-order valence-corrected chi connectivity index (χ0v) is 11.9. The summed E-state index contributed by atoms with van der Waals surface area (Å²) in [7, 11) is 0. The van der Waals surface area contributed by atoms with E-state index in [1.165, 1.54) is 19.3 Å². The van der Waals surface area contributed by atoms with Gasteiger partial charge in [0.05, 0.1) is 0 Å². The molecule has 3 heteroatoms. The van der Waals surface area contributed by atoms with Crippen LogP contribution in [-0.2, 0) is 5.72 Å². The van der Waals surface area contributed by atoms with Crippen LogP contribution in [-0.4, -0.2) is 22.0 Å². The van der Waals surface area contributed by atoms with Crippen LogP contribution < -0.4 is 0 Å². The van der Waals surface area contributed by atoms with E-state index < -0.39 is 5.72 Å². The largest absolute Gasteiger partial charge is 0.366 e. The van der Waals surface area contributed by atoms with Gasteiger partial charge in [0.2, 0.25) is 0 Å². The summed E-state index contributed by atoms with van der Waals surface area (Å²) in [6.45, 7) is 0. The lowest BCUT2D eigenvalue weighted by Crippen LogP contribution is -2.50. The van der Waals surface area contributed by atoms with Crippen molar-refractivity contribution in [3.8, 4) is 0 Å². The highest BCUT2D eigenvalue weighted by molar-refractivity contribution is 6.00. The molecule has 1 N–H and O–H groups in total. The third kappa shape index (κ3) is 1.01. The Morgan fingerprint density at radius 1 is 1.10 bits per heavy atom. The predicted octanol–water partition coefficient (Wildman–Crippen LogP) is 2.35. The van der Waals surface area contributed by atoms with E-state index in [0.29, 0.717) is 11.8 Å². The first-order valence-corrected chi connectivity index (χ1v) is 8.35. The minimum absolute atomic E-state index is 0.0764. The van der Waals surface area contributed by atoms with Crippen LogP contribution in [0.1, 0.15) is 41.6 Å². The monoisotopic (exact) mass is 281 g/mol. The summed E-state index contributed by atoms with van der Waals surface area (Å²) in [4.78, 5) is 14.8. The standard InChI is InChI=1S/C18H19NO2/c20-17-12-3-1-2-4-13(12)18(21)16-11-6-9-5-10(8-11)15(16)14(7-9)19(17)18/h1-4,9-11,14-16,21H,5-8H2/t9-,10+,11-,14+,15+,16+,18-/m0/s1. The van der Waals surface area contributed by atoms with Gasteiger partial charge in [-0.3, -0.25) is 4.79 Å². The molecule has 108 valence electrons. The molecule has 3 bridgehead atoms. The molecular formula is C18H19NO2. The highest BCUT2D eigenvalue weighted by Crippen LogP contribution is 2.70. The Balaban J connectivity index is 1.64. The molecule has 1 saturated heterocycles. The molecule has 1 amide bonds. The fraction of sp³-hybridized carbons (Fsp3) is 0.611. The number of hydrogen-bond donors (Lipinski definition) is 1. The van der Waals surface area contributed by atoms with Crippen LogP contribution in [0, 0.1) is 29.6 Å². The summed E-state index contributed by atoms with van der Waals surface area (Å²) in [6.07, 6.45) is 5.03. The van der Waals surface area contributed by atoms with Crippen LogP contribution in [0.5, 0.6) is 0 Å². The van der Waals surface area contributed by atoms with Gasteiger partial charge in [-0.25, -0.2) is 0 Å². The third-order valence-electron chi connectivity index (χ3n) is 7.30. The molecule has 3 aliphatic carbocycles. The molecule has 3 nitrogen and oxygen atoms in total. The SMILES string of the molecule is O=C1c2ccccc2[C@]2(O)[C@@H]3[C@H]4C[C@@H]5C[C@H](C4)[C@@H]3[C@@H](C5)N12. The maximum absolute atomic E-state index is 12.9. The van der Waals surface area contributed by atoms with Crippen molar-refractivity contribution in [3.63, 3.8) is 0 Å². The highest BCUT2D eigenvalue weighted by Gasteiger charge is 2.73. The van der Waals surface area contributed by atoms with E-state index in [0.717, 1.165) is 29.4 Å². The Bertz CT molecular complexity index is 686. The lowest BCUT2D eigenvalue weighted by molar-refractivity contribution is -0.120. The Hall–Kier alpha value is -1.35. The zero-order valence-electron chi connectivity index (χ0n) is 11.9. The average molecular weight is 281 g/mol. The summed E-state index contributed by atoms with van der Waals surface area (Å²) < 4.78 is 0. The number of hydrogen-bond acceptors (Lipinski definition) is 2. The number of fused-ring (bicyclic) bond motifs is 8. The molecule has 1 aromatic carbocycles. The molecule has 21 heavy (non-hydrogen) atoms. The Kier molecular flexibility index (Phi) is 1.71. The van der Waals surface area contributed by atoms with Crippen LogP contribution in [0.3, 0.4) is 0 Å². The van der Waals surface area contributed by atoms with E-state index in [1.807, 2.05) is 29.2 Å². The van der Waals surface area contributed by atoms with E-state index in [1.54, 1.807) is 0 Å². The minimum atomic E-state index is -1.00. The first-order chi connectivity index (χ1) is 10.2. The number of carbonyl (C=O) groups is 1. The van der Waals surface area contributed by atoms with E-state index in [4.69, 9.17) is 0 Å². The number of amides is 1. The van der Waals surface area contributed by atoms with Gasteiger partial charge in [0.1, 0.15) is 0 Å². The molecule has 0 radical (unpaired) electrons. The predicted molar refractivity (Wildman–Crippen MR) is 76.2 cm³/mol. The van der Waals surface area contributed by atoms with Crippen molar-refractivity contribution in [3.05, 3.63) is 35.4 Å². The second kappa shape index (κ2) is 3.19. The third-order valence-corrected chi connectivity index (χ3v) is 7.30. The van der Waals surface area contributed by atoms with Gasteiger partial charge in [0, 0.05) is 23.1 Å². The Morgan fingerprint density at radius 3 is 2.81 bits per heavy atom. The Morgan fingerprint density at radius 2 is 1.90 bits per heavy atom. The second-order valence-electron chi connectivity index (χ2n) is 7.95.